The average molecular weight is 1570 g/mol. The van der Waals surface area contributed by atoms with E-state index in [1.807, 2.05) is 32.0 Å². The van der Waals surface area contributed by atoms with Gasteiger partial charge in [0, 0.05) is 161 Å². The fraction of sp³-hybridized carbons (Fsp3) is 0.440. The zero-order valence-corrected chi connectivity index (χ0v) is 64.1. The molecule has 1 saturated carbocycles. The Bertz CT molecular complexity index is 4890. The number of halogens is 2. The van der Waals surface area contributed by atoms with Crippen molar-refractivity contribution >= 4 is 93.0 Å². The summed E-state index contributed by atoms with van der Waals surface area (Å²) in [6.45, 7) is 6.52. The molecular weight excluding hydrogens is 1470 g/mol. The number of hydrogen-bond acceptors (Lipinski definition) is 20. The number of fused-ring (bicyclic) bond motifs is 1. The van der Waals surface area contributed by atoms with E-state index in [-0.39, 0.29) is 168 Å². The van der Waals surface area contributed by atoms with Gasteiger partial charge < -0.3 is 103 Å². The predicted molar refractivity (Wildman–Crippen MR) is 407 cm³/mol. The molecule has 2 aromatic carbocycles. The molecule has 0 bridgehead atoms. The van der Waals surface area contributed by atoms with Crippen molar-refractivity contribution in [2.75, 3.05) is 125 Å². The number of aromatic nitrogens is 11. The number of carbonyl (C=O) groups excluding carboxylic acids is 9. The van der Waals surface area contributed by atoms with Crippen LogP contribution in [0.3, 0.4) is 0 Å². The number of rotatable bonds is 38. The zero-order chi connectivity index (χ0) is 80.4. The highest BCUT2D eigenvalue weighted by Crippen LogP contribution is 2.42. The van der Waals surface area contributed by atoms with E-state index in [1.165, 1.54) is 66.2 Å². The quantitative estimate of drug-likeness (QED) is 0.0206. The SMILES string of the molecule is COC1CCC(n2c([C@@H]3CCN(CCOCCOCCOCCOCCNC(=O)CCNC(=O)c4nc(NC(=O)CCNC(=O)c5cc(NC(=O)c6nc(NC(=O)CCNC(=O)c7cc(NC(=O)c8nccn8C)cn7C)cn6C)cn5C)cn4C)C(=O)N3c3ccc(F)c(F)c3)nc3cc(-c4c(C)noc4C)ccc32)CC1. The number of carbonyl (C=O) groups is 9. The molecule has 9 aromatic rings. The molecule has 2 aliphatic rings. The van der Waals surface area contributed by atoms with E-state index in [9.17, 15) is 47.5 Å². The molecule has 7 aromatic heterocycles. The van der Waals surface area contributed by atoms with Gasteiger partial charge in [0.05, 0.1) is 93.1 Å². The van der Waals surface area contributed by atoms with Crippen molar-refractivity contribution in [3.63, 3.8) is 0 Å². The summed E-state index contributed by atoms with van der Waals surface area (Å²) in [6.07, 6.45) is 12.7. The first kappa shape index (κ1) is 82.0. The third-order valence-electron chi connectivity index (χ3n) is 19.1. The van der Waals surface area contributed by atoms with E-state index in [0.717, 1.165) is 65.7 Å². The molecule has 36 nitrogen and oxygen atoms in total. The molecular formula is C75H93F2N21O15. The number of hydrogen-bond donors (Lipinski definition) is 8. The van der Waals surface area contributed by atoms with Crippen LogP contribution in [-0.2, 0) is 73.3 Å². The van der Waals surface area contributed by atoms with Crippen LogP contribution in [0, 0.1) is 25.5 Å². The largest absolute Gasteiger partial charge is 0.381 e. The number of nitrogens with one attached hydrogen (secondary N) is 8. The third kappa shape index (κ3) is 21.0. The van der Waals surface area contributed by atoms with Gasteiger partial charge in [-0.3, -0.25) is 43.3 Å². The van der Waals surface area contributed by atoms with Crippen molar-refractivity contribution in [3.8, 4) is 11.1 Å². The molecule has 38 heteroatoms. The Morgan fingerprint density at radius 2 is 1.11 bits per heavy atom. The molecule has 0 unspecified atom stereocenters. The van der Waals surface area contributed by atoms with Gasteiger partial charge in [0.15, 0.2) is 29.1 Å². The number of urea groups is 1. The minimum absolute atomic E-state index is 0.00367. The normalized spacial score (nSPS) is 15.0. The fourth-order valence-electron chi connectivity index (χ4n) is 13.5. The Morgan fingerprint density at radius 1 is 0.549 bits per heavy atom. The second-order valence-corrected chi connectivity index (χ2v) is 27.2. The van der Waals surface area contributed by atoms with Crippen LogP contribution in [0.15, 0.2) is 90.2 Å². The van der Waals surface area contributed by atoms with E-state index in [1.54, 1.807) is 64.2 Å². The van der Waals surface area contributed by atoms with Crippen LogP contribution in [0.2, 0.25) is 0 Å². The van der Waals surface area contributed by atoms with Crippen molar-refractivity contribution in [1.29, 1.82) is 0 Å². The highest BCUT2D eigenvalue weighted by molar-refractivity contribution is 6.05. The molecule has 1 aliphatic carbocycles. The Balaban J connectivity index is 0.514. The lowest BCUT2D eigenvalue weighted by Gasteiger charge is -2.42. The minimum atomic E-state index is -1.07. The Morgan fingerprint density at radius 3 is 1.66 bits per heavy atom. The van der Waals surface area contributed by atoms with E-state index >= 15 is 4.39 Å². The molecule has 10 amide bonds. The second-order valence-electron chi connectivity index (χ2n) is 27.2. The fourth-order valence-corrected chi connectivity index (χ4v) is 13.5. The van der Waals surface area contributed by atoms with E-state index < -0.39 is 59.0 Å². The van der Waals surface area contributed by atoms with Crippen molar-refractivity contribution in [3.05, 3.63) is 143 Å². The third-order valence-corrected chi connectivity index (χ3v) is 19.1. The van der Waals surface area contributed by atoms with Gasteiger partial charge in [-0.1, -0.05) is 11.2 Å². The standard InChI is InChI=1S/C75H93F2N21O15/c1-45-65(46(2)113-90-45)47-9-16-56-55(37-47)85-66(97(56)50-10-13-52(108-8)14-11-50)57-20-26-96(75(107)98(57)51-12-15-53(76)54(77)40-51)28-30-110-32-34-112-36-35-111-33-31-109-29-25-78-62(99)17-21-82-72(104)68-88-60(43-94(68)6)86-63(100)18-22-81-71(103)59-39-49(42-93(59)5)84-74(106)69-89-61(44-95(69)7)87-64(101)19-23-80-70(102)58-38-48(41-92(58)4)83-73(105)67-79-24-27-91(67)3/h9,12,15-16,24,27,37-44,50,52,57H,10-11,13-14,17-23,25-26,28-36H2,1-8H3,(H,78,99)(H,80,102)(H,81,103)(H,82,104)(H,83,105)(H,84,106)(H,86,100)(H,87,101)/t50?,52?,57-/m0/s1. The molecule has 2 fully saturated rings. The average Bonchev–Trinajstić information content (AvgIpc) is 1.57. The smallest absolute Gasteiger partial charge is 0.325 e. The van der Waals surface area contributed by atoms with Crippen LogP contribution < -0.4 is 47.4 Å². The van der Waals surface area contributed by atoms with E-state index in [2.05, 4.69) is 67.2 Å². The lowest BCUT2D eigenvalue weighted by Crippen LogP contribution is -2.52. The van der Waals surface area contributed by atoms with Gasteiger partial charge in [-0.15, -0.1) is 0 Å². The van der Waals surface area contributed by atoms with Gasteiger partial charge >= 0.3 is 6.03 Å². The van der Waals surface area contributed by atoms with Crippen LogP contribution in [-0.4, -0.2) is 216 Å². The summed E-state index contributed by atoms with van der Waals surface area (Å²) in [6, 6.07) is 11.6. The summed E-state index contributed by atoms with van der Waals surface area (Å²) in [4.78, 5) is 139. The van der Waals surface area contributed by atoms with Crippen molar-refractivity contribution in [2.45, 2.75) is 83.4 Å². The summed E-state index contributed by atoms with van der Waals surface area (Å²) in [5, 5.41) is 25.5. The van der Waals surface area contributed by atoms with Crippen molar-refractivity contribution in [2.24, 2.45) is 35.2 Å². The molecule has 602 valence electrons. The molecule has 8 heterocycles. The first-order chi connectivity index (χ1) is 54.4. The van der Waals surface area contributed by atoms with Crippen LogP contribution in [0.4, 0.5) is 42.3 Å². The molecule has 1 aliphatic heterocycles. The van der Waals surface area contributed by atoms with Gasteiger partial charge in [0.25, 0.3) is 29.5 Å². The highest BCUT2D eigenvalue weighted by Gasteiger charge is 2.40. The first-order valence-electron chi connectivity index (χ1n) is 36.9. The molecule has 1 atom stereocenters. The maximum Gasteiger partial charge on any atom is 0.325 e. The maximum atomic E-state index is 15.0. The van der Waals surface area contributed by atoms with Gasteiger partial charge in [0.1, 0.15) is 23.0 Å². The highest BCUT2D eigenvalue weighted by atomic mass is 19.2. The molecule has 1 saturated heterocycles. The van der Waals surface area contributed by atoms with Gasteiger partial charge in [-0.25, -0.2) is 33.5 Å². The number of imidazole rings is 4. The summed E-state index contributed by atoms with van der Waals surface area (Å²) in [5.74, 6) is -4.51. The summed E-state index contributed by atoms with van der Waals surface area (Å²) in [7, 11) is 9.75. The first-order valence-corrected chi connectivity index (χ1v) is 36.9. The van der Waals surface area contributed by atoms with Crippen LogP contribution in [0.1, 0.15) is 134 Å². The lowest BCUT2D eigenvalue weighted by atomic mass is 9.92. The summed E-state index contributed by atoms with van der Waals surface area (Å²) in [5.41, 5.74) is 5.42. The van der Waals surface area contributed by atoms with Crippen LogP contribution in [0.5, 0.6) is 0 Å². The van der Waals surface area contributed by atoms with Gasteiger partial charge in [-0.2, -0.15) is 0 Å². The molecule has 8 N–H and O–H groups in total. The number of aryl methyl sites for hydroxylation is 7. The number of ether oxygens (including phenoxy) is 5. The van der Waals surface area contributed by atoms with Gasteiger partial charge in [0.2, 0.25) is 29.4 Å². The number of methoxy groups -OCH3 is 1. The van der Waals surface area contributed by atoms with Crippen molar-refractivity contribution in [1.82, 2.24) is 78.7 Å². The number of amides is 10. The van der Waals surface area contributed by atoms with Crippen molar-refractivity contribution < 1.29 is 80.1 Å². The Hall–Kier alpha value is -12.0. The Labute approximate surface area is 647 Å². The molecule has 0 spiro atoms. The predicted octanol–water partition coefficient (Wildman–Crippen LogP) is 5.99. The van der Waals surface area contributed by atoms with E-state index in [4.69, 9.17) is 33.2 Å². The zero-order valence-electron chi connectivity index (χ0n) is 64.1. The summed E-state index contributed by atoms with van der Waals surface area (Å²) < 4.78 is 73.0. The molecule has 11 rings (SSSR count). The van der Waals surface area contributed by atoms with Crippen LogP contribution >= 0.6 is 0 Å². The maximum absolute atomic E-state index is 15.0. The number of benzene rings is 2. The summed E-state index contributed by atoms with van der Waals surface area (Å²) >= 11 is 0. The van der Waals surface area contributed by atoms with E-state index in [0.29, 0.717) is 43.5 Å². The number of anilines is 5. The molecule has 113 heavy (non-hydrogen) atoms. The lowest BCUT2D eigenvalue weighted by molar-refractivity contribution is -0.121. The Kier molecular flexibility index (Phi) is 27.8. The number of nitrogens with zero attached hydrogens (tertiary/aromatic N) is 13. The minimum Gasteiger partial charge on any atom is -0.381 e. The van der Waals surface area contributed by atoms with Crippen LogP contribution in [0.25, 0.3) is 22.2 Å². The monoisotopic (exact) mass is 1570 g/mol. The topological polar surface area (TPSA) is 410 Å². The molecule has 0 radical (unpaired) electrons. The second kappa shape index (κ2) is 38.3. The van der Waals surface area contributed by atoms with Gasteiger partial charge in [-0.05, 0) is 87.9 Å².